The summed E-state index contributed by atoms with van der Waals surface area (Å²) in [4.78, 5) is 13.7. The van der Waals surface area contributed by atoms with Gasteiger partial charge in [0.1, 0.15) is 0 Å². The van der Waals surface area contributed by atoms with E-state index in [1.165, 1.54) is 38.5 Å². The van der Waals surface area contributed by atoms with E-state index >= 15 is 0 Å². The summed E-state index contributed by atoms with van der Waals surface area (Å²) in [5.74, 6) is -0.213. The molecule has 0 aromatic carbocycles. The molecule has 0 aliphatic rings. The van der Waals surface area contributed by atoms with E-state index in [4.69, 9.17) is 9.47 Å². The Labute approximate surface area is 130 Å². The van der Waals surface area contributed by atoms with Gasteiger partial charge in [-0.05, 0) is 26.2 Å². The summed E-state index contributed by atoms with van der Waals surface area (Å²) in [7, 11) is 3.39. The normalized spacial score (nSPS) is 13.0. The van der Waals surface area contributed by atoms with Gasteiger partial charge in [-0.15, -0.1) is 0 Å². The van der Waals surface area contributed by atoms with Gasteiger partial charge in [0.05, 0.1) is 6.54 Å². The Balaban J connectivity index is 4.21. The number of nitrogens with zero attached hydrogens (tertiary/aromatic N) is 1. The van der Waals surface area contributed by atoms with Crippen molar-refractivity contribution in [2.45, 2.75) is 77.4 Å². The van der Waals surface area contributed by atoms with Crippen molar-refractivity contribution < 1.29 is 14.3 Å². The summed E-state index contributed by atoms with van der Waals surface area (Å²) in [5.41, 5.74) is 0. The molecule has 1 unspecified atom stereocenters. The van der Waals surface area contributed by atoms with Crippen LogP contribution >= 0.6 is 0 Å². The highest BCUT2D eigenvalue weighted by Gasteiger charge is 2.33. The predicted octanol–water partition coefficient (Wildman–Crippen LogP) is 4.48. The zero-order chi connectivity index (χ0) is 16.0. The van der Waals surface area contributed by atoms with Crippen LogP contribution in [0.25, 0.3) is 0 Å². The van der Waals surface area contributed by atoms with Crippen LogP contribution in [0.4, 0.5) is 0 Å². The number of ether oxygens (including phenoxy) is 2. The summed E-state index contributed by atoms with van der Waals surface area (Å²) < 4.78 is 11.1. The molecule has 0 N–H and O–H groups in total. The fourth-order valence-electron chi connectivity index (χ4n) is 2.72. The fraction of sp³-hybridized carbons (Fsp3) is 0.941. The molecule has 0 aromatic rings. The molecule has 1 atom stereocenters. The van der Waals surface area contributed by atoms with E-state index in [-0.39, 0.29) is 0 Å². The topological polar surface area (TPSA) is 47.9 Å². The fourth-order valence-corrected chi connectivity index (χ4v) is 2.72. The van der Waals surface area contributed by atoms with Crippen molar-refractivity contribution in [2.24, 2.45) is 10.9 Å². The number of rotatable bonds is 14. The highest BCUT2D eigenvalue weighted by molar-refractivity contribution is 5.32. The van der Waals surface area contributed by atoms with E-state index in [0.29, 0.717) is 12.5 Å². The minimum atomic E-state index is -0.547. The van der Waals surface area contributed by atoms with Gasteiger partial charge < -0.3 is 9.47 Å². The van der Waals surface area contributed by atoms with Gasteiger partial charge in [-0.1, -0.05) is 45.4 Å². The maximum atomic E-state index is 10.1. The Hall–Kier alpha value is -0.700. The van der Waals surface area contributed by atoms with Crippen LogP contribution < -0.4 is 0 Å². The first kappa shape index (κ1) is 20.3. The van der Waals surface area contributed by atoms with E-state index in [1.54, 1.807) is 20.3 Å². The van der Waals surface area contributed by atoms with Crippen molar-refractivity contribution in [3.8, 4) is 0 Å². The molecule has 0 bridgehead atoms. The molecular formula is C17H33NO3. The molecule has 0 saturated heterocycles. The lowest BCUT2D eigenvalue weighted by atomic mass is 9.88. The van der Waals surface area contributed by atoms with Gasteiger partial charge in [0.15, 0.2) is 5.79 Å². The van der Waals surface area contributed by atoms with Crippen molar-refractivity contribution in [1.29, 1.82) is 0 Å². The Morgan fingerprint density at radius 1 is 1.00 bits per heavy atom. The minimum Gasteiger partial charge on any atom is -0.353 e. The molecule has 0 heterocycles. The molecule has 0 amide bonds. The highest BCUT2D eigenvalue weighted by atomic mass is 16.7. The van der Waals surface area contributed by atoms with Crippen LogP contribution in [0.1, 0.15) is 71.6 Å². The number of carbonyl (C=O) groups excluding carboxylic acids is 1. The second kappa shape index (κ2) is 13.0. The Kier molecular flexibility index (Phi) is 12.6. The second-order valence-corrected chi connectivity index (χ2v) is 5.79. The van der Waals surface area contributed by atoms with Crippen molar-refractivity contribution >= 4 is 6.08 Å². The standard InChI is InChI=1S/C17H33NO3/c1-5-6-7-8-9-10-12-16(13-11-14-18-15-19)17(2,20-3)21-4/h16H,5-14H2,1-4H3. The van der Waals surface area contributed by atoms with Crippen LogP contribution in [-0.4, -0.2) is 32.6 Å². The predicted molar refractivity (Wildman–Crippen MR) is 86.1 cm³/mol. The molecule has 21 heavy (non-hydrogen) atoms. The van der Waals surface area contributed by atoms with Gasteiger partial charge in [0.25, 0.3) is 0 Å². The first-order chi connectivity index (χ1) is 10.1. The molecule has 0 spiro atoms. The Bertz CT molecular complexity index is 284. The van der Waals surface area contributed by atoms with Gasteiger partial charge in [-0.2, -0.15) is 0 Å². The van der Waals surface area contributed by atoms with Crippen LogP contribution in [0, 0.1) is 5.92 Å². The second-order valence-electron chi connectivity index (χ2n) is 5.79. The summed E-state index contributed by atoms with van der Waals surface area (Å²) in [6.07, 6.45) is 12.3. The highest BCUT2D eigenvalue weighted by Crippen LogP contribution is 2.31. The number of hydrogen-bond acceptors (Lipinski definition) is 4. The number of isocyanates is 1. The van der Waals surface area contributed by atoms with Crippen LogP contribution in [0.15, 0.2) is 4.99 Å². The maximum absolute atomic E-state index is 10.1. The van der Waals surface area contributed by atoms with E-state index < -0.39 is 5.79 Å². The molecule has 4 nitrogen and oxygen atoms in total. The van der Waals surface area contributed by atoms with Gasteiger partial charge in [0, 0.05) is 20.1 Å². The van der Waals surface area contributed by atoms with Gasteiger partial charge in [-0.3, -0.25) is 0 Å². The molecule has 0 rings (SSSR count). The quantitative estimate of drug-likeness (QED) is 0.206. The lowest BCUT2D eigenvalue weighted by Gasteiger charge is -2.35. The van der Waals surface area contributed by atoms with Crippen LogP contribution in [-0.2, 0) is 14.3 Å². The van der Waals surface area contributed by atoms with Gasteiger partial charge >= 0.3 is 0 Å². The lowest BCUT2D eigenvalue weighted by Crippen LogP contribution is -2.39. The average Bonchev–Trinajstić information content (AvgIpc) is 2.51. The first-order valence-corrected chi connectivity index (χ1v) is 8.28. The van der Waals surface area contributed by atoms with Gasteiger partial charge in [-0.25, -0.2) is 9.79 Å². The van der Waals surface area contributed by atoms with Crippen LogP contribution in [0.3, 0.4) is 0 Å². The molecule has 0 fully saturated rings. The molecule has 0 aliphatic carbocycles. The first-order valence-electron chi connectivity index (χ1n) is 8.28. The number of hydrogen-bond donors (Lipinski definition) is 0. The number of aliphatic imine (C=N–C) groups is 1. The largest absolute Gasteiger partial charge is 0.353 e. The summed E-state index contributed by atoms with van der Waals surface area (Å²) >= 11 is 0. The average molecular weight is 299 g/mol. The molecule has 0 radical (unpaired) electrons. The third-order valence-corrected chi connectivity index (χ3v) is 4.35. The molecule has 0 aromatic heterocycles. The summed E-state index contributed by atoms with van der Waals surface area (Å²) in [6.45, 7) is 4.78. The SMILES string of the molecule is CCCCCCCCC(CCCN=C=O)C(C)(OC)OC. The third kappa shape index (κ3) is 9.02. The molecule has 4 heteroatoms. The molecule has 0 aliphatic heterocycles. The lowest BCUT2D eigenvalue weighted by molar-refractivity contribution is -0.230. The van der Waals surface area contributed by atoms with Gasteiger partial charge in [0.2, 0.25) is 6.08 Å². The van der Waals surface area contributed by atoms with Crippen molar-refractivity contribution in [1.82, 2.24) is 0 Å². The van der Waals surface area contributed by atoms with Crippen molar-refractivity contribution in [2.75, 3.05) is 20.8 Å². The number of unbranched alkanes of at least 4 members (excludes halogenated alkanes) is 5. The van der Waals surface area contributed by atoms with E-state index in [2.05, 4.69) is 11.9 Å². The minimum absolute atomic E-state index is 0.334. The van der Waals surface area contributed by atoms with E-state index in [0.717, 1.165) is 19.3 Å². The summed E-state index contributed by atoms with van der Waals surface area (Å²) in [6, 6.07) is 0. The van der Waals surface area contributed by atoms with Crippen molar-refractivity contribution in [3.05, 3.63) is 0 Å². The zero-order valence-corrected chi connectivity index (χ0v) is 14.3. The van der Waals surface area contributed by atoms with Crippen molar-refractivity contribution in [3.63, 3.8) is 0 Å². The van der Waals surface area contributed by atoms with Crippen LogP contribution in [0.5, 0.6) is 0 Å². The molecule has 124 valence electrons. The Morgan fingerprint density at radius 2 is 1.57 bits per heavy atom. The molecule has 0 saturated carbocycles. The van der Waals surface area contributed by atoms with E-state index in [9.17, 15) is 4.79 Å². The molecular weight excluding hydrogens is 266 g/mol. The maximum Gasteiger partial charge on any atom is 0.234 e. The number of methoxy groups -OCH3 is 2. The smallest absolute Gasteiger partial charge is 0.234 e. The Morgan fingerprint density at radius 3 is 2.14 bits per heavy atom. The van der Waals surface area contributed by atoms with Crippen LogP contribution in [0.2, 0.25) is 0 Å². The summed E-state index contributed by atoms with van der Waals surface area (Å²) in [5, 5.41) is 0. The third-order valence-electron chi connectivity index (χ3n) is 4.35. The zero-order valence-electron chi connectivity index (χ0n) is 14.3. The van der Waals surface area contributed by atoms with E-state index in [1.807, 2.05) is 6.92 Å². The monoisotopic (exact) mass is 299 g/mol.